The predicted octanol–water partition coefficient (Wildman–Crippen LogP) is 0.138. The van der Waals surface area contributed by atoms with Gasteiger partial charge in [0.25, 0.3) is 0 Å². The lowest BCUT2D eigenvalue weighted by Gasteiger charge is -2.15. The predicted molar refractivity (Wildman–Crippen MR) is 70.1 cm³/mol. The van der Waals surface area contributed by atoms with Crippen molar-refractivity contribution in [1.29, 1.82) is 0 Å². The van der Waals surface area contributed by atoms with Crippen LogP contribution in [-0.4, -0.2) is 52.2 Å². The summed E-state index contributed by atoms with van der Waals surface area (Å²) in [7, 11) is -0.000762. The van der Waals surface area contributed by atoms with Gasteiger partial charge in [0.05, 0.1) is 17.2 Å². The van der Waals surface area contributed by atoms with Crippen molar-refractivity contribution in [1.82, 2.24) is 10.2 Å². The molecule has 1 aromatic carbocycles. The molecule has 100 valence electrons. The van der Waals surface area contributed by atoms with Crippen LogP contribution in [0.1, 0.15) is 0 Å². The van der Waals surface area contributed by atoms with Crippen molar-refractivity contribution in [2.75, 3.05) is 32.9 Å². The molecule has 1 N–H and O–H groups in total. The van der Waals surface area contributed by atoms with Crippen LogP contribution < -0.4 is 5.32 Å². The number of carbonyl (C=O) groups excluding carboxylic acids is 1. The van der Waals surface area contributed by atoms with Crippen LogP contribution in [-0.2, 0) is 14.6 Å². The van der Waals surface area contributed by atoms with E-state index in [0.29, 0.717) is 11.4 Å². The zero-order valence-electron chi connectivity index (χ0n) is 10.6. The molecule has 0 saturated heterocycles. The number of hydrogen-bond donors (Lipinski definition) is 1. The highest BCUT2D eigenvalue weighted by molar-refractivity contribution is 7.91. The second-order valence-electron chi connectivity index (χ2n) is 4.04. The number of nitrogens with zero attached hydrogens (tertiary/aromatic N) is 1. The molecule has 18 heavy (non-hydrogen) atoms. The zero-order chi connectivity index (χ0) is 13.6. The number of rotatable bonds is 6. The molecule has 0 atom stereocenters. The van der Waals surface area contributed by atoms with E-state index < -0.39 is 9.84 Å². The molecule has 5 nitrogen and oxygen atoms in total. The summed E-state index contributed by atoms with van der Waals surface area (Å²) in [5.74, 6) is -0.126. The molecule has 0 unspecified atom stereocenters. The summed E-state index contributed by atoms with van der Waals surface area (Å²) >= 11 is 0. The molecule has 0 saturated carbocycles. The van der Waals surface area contributed by atoms with E-state index in [0.717, 1.165) is 0 Å². The Morgan fingerprint density at radius 3 is 2.44 bits per heavy atom. The summed E-state index contributed by atoms with van der Waals surface area (Å²) in [4.78, 5) is 13.1. The molecule has 0 aliphatic heterocycles. The molecule has 0 bridgehead atoms. The fourth-order valence-corrected chi connectivity index (χ4v) is 2.78. The Kier molecular flexibility index (Phi) is 5.30. The summed E-state index contributed by atoms with van der Waals surface area (Å²) in [6.07, 6.45) is 0. The van der Waals surface area contributed by atoms with Gasteiger partial charge in [0.1, 0.15) is 0 Å². The summed E-state index contributed by atoms with van der Waals surface area (Å²) in [6, 6.07) is 8.32. The highest BCUT2D eigenvalue weighted by Gasteiger charge is 2.15. The average Bonchev–Trinajstić information content (AvgIpc) is 2.37. The standard InChI is InChI=1S/C12H18N2O3S/c1-13-12(15)10-14(2)8-9-18(16,17)11-6-4-3-5-7-11/h3-7H,8-10H2,1-2H3,(H,13,15). The Labute approximate surface area is 108 Å². The number of sulfone groups is 1. The van der Waals surface area contributed by atoms with Crippen LogP contribution >= 0.6 is 0 Å². The van der Waals surface area contributed by atoms with Gasteiger partial charge in [-0.05, 0) is 19.2 Å². The van der Waals surface area contributed by atoms with Gasteiger partial charge in [0.15, 0.2) is 9.84 Å². The number of hydrogen-bond acceptors (Lipinski definition) is 4. The van der Waals surface area contributed by atoms with Gasteiger partial charge in [-0.25, -0.2) is 8.42 Å². The number of likely N-dealkylation sites (N-methyl/N-ethyl adjacent to an activating group) is 2. The minimum absolute atomic E-state index is 0.00447. The fourth-order valence-electron chi connectivity index (χ4n) is 1.42. The Bertz CT molecular complexity index is 485. The molecule has 0 fully saturated rings. The SMILES string of the molecule is CNC(=O)CN(C)CCS(=O)(=O)c1ccccc1. The first-order valence-electron chi connectivity index (χ1n) is 5.62. The van der Waals surface area contributed by atoms with Crippen molar-refractivity contribution in [3.63, 3.8) is 0 Å². The van der Waals surface area contributed by atoms with E-state index >= 15 is 0 Å². The topological polar surface area (TPSA) is 66.5 Å². The Hall–Kier alpha value is -1.40. The van der Waals surface area contributed by atoms with E-state index in [2.05, 4.69) is 5.32 Å². The number of benzene rings is 1. The smallest absolute Gasteiger partial charge is 0.233 e. The van der Waals surface area contributed by atoms with E-state index in [4.69, 9.17) is 0 Å². The number of nitrogens with one attached hydrogen (secondary N) is 1. The van der Waals surface area contributed by atoms with E-state index in [-0.39, 0.29) is 18.2 Å². The molecule has 1 aromatic rings. The van der Waals surface area contributed by atoms with Crippen molar-refractivity contribution >= 4 is 15.7 Å². The lowest BCUT2D eigenvalue weighted by molar-refractivity contribution is -0.121. The quantitative estimate of drug-likeness (QED) is 0.798. The van der Waals surface area contributed by atoms with Crippen molar-refractivity contribution in [3.8, 4) is 0 Å². The average molecular weight is 270 g/mol. The lowest BCUT2D eigenvalue weighted by atomic mass is 10.4. The third kappa shape index (κ3) is 4.46. The van der Waals surface area contributed by atoms with E-state index in [1.165, 1.54) is 0 Å². The van der Waals surface area contributed by atoms with Crippen molar-refractivity contribution in [2.24, 2.45) is 0 Å². The Balaban J connectivity index is 2.55. The molecule has 0 aromatic heterocycles. The minimum Gasteiger partial charge on any atom is -0.358 e. The molecule has 0 aliphatic carbocycles. The highest BCUT2D eigenvalue weighted by atomic mass is 32.2. The Morgan fingerprint density at radius 1 is 1.28 bits per heavy atom. The Morgan fingerprint density at radius 2 is 1.89 bits per heavy atom. The molecular weight excluding hydrogens is 252 g/mol. The molecule has 1 amide bonds. The van der Waals surface area contributed by atoms with Gasteiger partial charge in [-0.15, -0.1) is 0 Å². The van der Waals surface area contributed by atoms with Crippen LogP contribution in [0.15, 0.2) is 35.2 Å². The van der Waals surface area contributed by atoms with Crippen LogP contribution in [0.25, 0.3) is 0 Å². The summed E-state index contributed by atoms with van der Waals surface area (Å²) < 4.78 is 23.9. The zero-order valence-corrected chi connectivity index (χ0v) is 11.4. The highest BCUT2D eigenvalue weighted by Crippen LogP contribution is 2.09. The van der Waals surface area contributed by atoms with Gasteiger partial charge in [-0.1, -0.05) is 18.2 Å². The lowest BCUT2D eigenvalue weighted by Crippen LogP contribution is -2.35. The van der Waals surface area contributed by atoms with Gasteiger partial charge >= 0.3 is 0 Å². The summed E-state index contributed by atoms with van der Waals surface area (Å²) in [6.45, 7) is 0.519. The molecule has 0 radical (unpaired) electrons. The fraction of sp³-hybridized carbons (Fsp3) is 0.417. The third-order valence-corrected chi connectivity index (χ3v) is 4.25. The second kappa shape index (κ2) is 6.51. The first-order chi connectivity index (χ1) is 8.45. The number of amides is 1. The van der Waals surface area contributed by atoms with Crippen LogP contribution in [0.5, 0.6) is 0 Å². The van der Waals surface area contributed by atoms with Crippen LogP contribution in [0.2, 0.25) is 0 Å². The maximum Gasteiger partial charge on any atom is 0.233 e. The first-order valence-corrected chi connectivity index (χ1v) is 7.28. The van der Waals surface area contributed by atoms with Crippen molar-refractivity contribution in [2.45, 2.75) is 4.90 Å². The van der Waals surface area contributed by atoms with Gasteiger partial charge in [-0.3, -0.25) is 9.69 Å². The molecular formula is C12H18N2O3S. The minimum atomic E-state index is -3.27. The van der Waals surface area contributed by atoms with Gasteiger partial charge in [0, 0.05) is 13.6 Å². The molecule has 6 heteroatoms. The van der Waals surface area contributed by atoms with E-state index in [1.807, 2.05) is 0 Å². The number of carbonyl (C=O) groups is 1. The summed E-state index contributed by atoms with van der Waals surface area (Å²) in [5, 5.41) is 2.49. The monoisotopic (exact) mass is 270 g/mol. The van der Waals surface area contributed by atoms with Crippen LogP contribution in [0.3, 0.4) is 0 Å². The van der Waals surface area contributed by atoms with E-state index in [1.54, 1.807) is 49.3 Å². The maximum absolute atomic E-state index is 12.0. The van der Waals surface area contributed by atoms with Crippen LogP contribution in [0.4, 0.5) is 0 Å². The first kappa shape index (κ1) is 14.7. The van der Waals surface area contributed by atoms with Gasteiger partial charge in [-0.2, -0.15) is 0 Å². The van der Waals surface area contributed by atoms with Crippen LogP contribution in [0, 0.1) is 0 Å². The molecule has 0 aliphatic rings. The van der Waals surface area contributed by atoms with E-state index in [9.17, 15) is 13.2 Å². The summed E-state index contributed by atoms with van der Waals surface area (Å²) in [5.41, 5.74) is 0. The molecule has 1 rings (SSSR count). The molecule has 0 spiro atoms. The van der Waals surface area contributed by atoms with Gasteiger partial charge in [0.2, 0.25) is 5.91 Å². The van der Waals surface area contributed by atoms with Crippen molar-refractivity contribution in [3.05, 3.63) is 30.3 Å². The maximum atomic E-state index is 12.0. The largest absolute Gasteiger partial charge is 0.358 e. The second-order valence-corrected chi connectivity index (χ2v) is 6.15. The normalized spacial score (nSPS) is 11.5. The molecule has 0 heterocycles. The third-order valence-electron chi connectivity index (χ3n) is 2.54. The van der Waals surface area contributed by atoms with Crippen molar-refractivity contribution < 1.29 is 13.2 Å². The van der Waals surface area contributed by atoms with Gasteiger partial charge < -0.3 is 5.32 Å².